The molecule has 0 bridgehead atoms. The van der Waals surface area contributed by atoms with Crippen molar-refractivity contribution in [3.63, 3.8) is 0 Å². The van der Waals surface area contributed by atoms with E-state index in [1.54, 1.807) is 13.3 Å². The third-order valence-corrected chi connectivity index (χ3v) is 2.66. The van der Waals surface area contributed by atoms with Crippen LogP contribution < -0.4 is 5.73 Å². The maximum Gasteiger partial charge on any atom is 0.0990 e. The Morgan fingerprint density at radius 1 is 1.41 bits per heavy atom. The van der Waals surface area contributed by atoms with E-state index in [0.717, 1.165) is 18.4 Å². The molecule has 0 amide bonds. The molecule has 0 saturated heterocycles. The van der Waals surface area contributed by atoms with Crippen LogP contribution in [-0.4, -0.2) is 31.3 Å². The Labute approximate surface area is 103 Å². The normalized spacial score (nSPS) is 14.5. The van der Waals surface area contributed by atoms with Crippen LogP contribution in [-0.2, 0) is 9.47 Å². The van der Waals surface area contributed by atoms with Crippen LogP contribution in [0.15, 0.2) is 24.5 Å². The summed E-state index contributed by atoms with van der Waals surface area (Å²) in [4.78, 5) is 4.11. The lowest BCUT2D eigenvalue weighted by atomic mass is 10.0. The highest BCUT2D eigenvalue weighted by molar-refractivity contribution is 5.14. The summed E-state index contributed by atoms with van der Waals surface area (Å²) < 4.78 is 10.8. The lowest BCUT2D eigenvalue weighted by Crippen LogP contribution is -2.30. The van der Waals surface area contributed by atoms with E-state index in [1.165, 1.54) is 0 Å². The number of ether oxygens (including phenoxy) is 2. The molecule has 17 heavy (non-hydrogen) atoms. The van der Waals surface area contributed by atoms with E-state index in [9.17, 15) is 0 Å². The summed E-state index contributed by atoms with van der Waals surface area (Å²) in [5.41, 5.74) is 7.12. The minimum Gasteiger partial charge on any atom is -0.385 e. The zero-order chi connectivity index (χ0) is 12.5. The van der Waals surface area contributed by atoms with E-state index in [-0.39, 0.29) is 12.1 Å². The van der Waals surface area contributed by atoms with Gasteiger partial charge in [0.25, 0.3) is 0 Å². The Balaban J connectivity index is 2.55. The number of nitrogens with zero attached hydrogens (tertiary/aromatic N) is 1. The third kappa shape index (κ3) is 4.81. The summed E-state index contributed by atoms with van der Waals surface area (Å²) in [6, 6.07) is 3.91. The number of rotatable bonds is 8. The highest BCUT2D eigenvalue weighted by Gasteiger charge is 2.18. The van der Waals surface area contributed by atoms with E-state index >= 15 is 0 Å². The molecule has 0 fully saturated rings. The molecule has 0 aliphatic heterocycles. The predicted molar refractivity (Wildman–Crippen MR) is 67.7 cm³/mol. The van der Waals surface area contributed by atoms with Crippen molar-refractivity contribution in [3.05, 3.63) is 30.1 Å². The number of pyridine rings is 1. The fourth-order valence-electron chi connectivity index (χ4n) is 1.64. The van der Waals surface area contributed by atoms with Crippen molar-refractivity contribution < 1.29 is 9.47 Å². The molecule has 2 unspecified atom stereocenters. The monoisotopic (exact) mass is 238 g/mol. The zero-order valence-electron chi connectivity index (χ0n) is 10.6. The van der Waals surface area contributed by atoms with Crippen LogP contribution in [0.2, 0.25) is 0 Å². The molecule has 4 heteroatoms. The van der Waals surface area contributed by atoms with Crippen molar-refractivity contribution in [3.8, 4) is 0 Å². The molecule has 4 nitrogen and oxygen atoms in total. The molecule has 1 aromatic rings. The topological polar surface area (TPSA) is 57.4 Å². The second kappa shape index (κ2) is 8.17. The summed E-state index contributed by atoms with van der Waals surface area (Å²) in [5.74, 6) is 0. The van der Waals surface area contributed by atoms with E-state index in [2.05, 4.69) is 11.9 Å². The maximum atomic E-state index is 6.08. The lowest BCUT2D eigenvalue weighted by Gasteiger charge is -2.23. The van der Waals surface area contributed by atoms with Crippen molar-refractivity contribution in [1.82, 2.24) is 4.98 Å². The first-order valence-electron chi connectivity index (χ1n) is 6.05. The highest BCUT2D eigenvalue weighted by atomic mass is 16.5. The Morgan fingerprint density at radius 3 is 2.82 bits per heavy atom. The number of hydrogen-bond acceptors (Lipinski definition) is 4. The van der Waals surface area contributed by atoms with Crippen LogP contribution >= 0.6 is 0 Å². The van der Waals surface area contributed by atoms with Crippen LogP contribution in [0.1, 0.15) is 31.4 Å². The molecule has 0 aliphatic rings. The van der Waals surface area contributed by atoms with Crippen LogP contribution in [0.5, 0.6) is 0 Å². The van der Waals surface area contributed by atoms with Crippen molar-refractivity contribution in [2.45, 2.75) is 31.9 Å². The van der Waals surface area contributed by atoms with Crippen molar-refractivity contribution in [2.24, 2.45) is 5.73 Å². The van der Waals surface area contributed by atoms with E-state index in [4.69, 9.17) is 15.2 Å². The van der Waals surface area contributed by atoms with Crippen LogP contribution in [0.25, 0.3) is 0 Å². The first kappa shape index (κ1) is 14.1. The van der Waals surface area contributed by atoms with Crippen LogP contribution in [0.4, 0.5) is 0 Å². The maximum absolute atomic E-state index is 6.08. The molecular formula is C13H22N2O2. The molecule has 96 valence electrons. The molecule has 1 aromatic heterocycles. The molecule has 0 saturated carbocycles. The minimum absolute atomic E-state index is 0.00162. The molecule has 1 rings (SSSR count). The largest absolute Gasteiger partial charge is 0.385 e. The van der Waals surface area contributed by atoms with Gasteiger partial charge in [0.05, 0.1) is 6.10 Å². The second-order valence-electron chi connectivity index (χ2n) is 4.00. The van der Waals surface area contributed by atoms with Gasteiger partial charge >= 0.3 is 0 Å². The smallest absolute Gasteiger partial charge is 0.0990 e. The fourth-order valence-corrected chi connectivity index (χ4v) is 1.64. The number of nitrogens with two attached hydrogens (primary N) is 1. The van der Waals surface area contributed by atoms with Crippen molar-refractivity contribution in [1.29, 1.82) is 0 Å². The van der Waals surface area contributed by atoms with Gasteiger partial charge in [-0.2, -0.15) is 0 Å². The summed E-state index contributed by atoms with van der Waals surface area (Å²) in [7, 11) is 1.69. The van der Waals surface area contributed by atoms with Gasteiger partial charge in [0.15, 0.2) is 0 Å². The molecule has 1 heterocycles. The van der Waals surface area contributed by atoms with Gasteiger partial charge in [-0.05, 0) is 18.9 Å². The second-order valence-corrected chi connectivity index (χ2v) is 4.00. The lowest BCUT2D eigenvalue weighted by molar-refractivity contribution is 0.0221. The molecule has 0 aromatic carbocycles. The van der Waals surface area contributed by atoms with Gasteiger partial charge in [0.2, 0.25) is 0 Å². The summed E-state index contributed by atoms with van der Waals surface area (Å²) >= 11 is 0. The van der Waals surface area contributed by atoms with Crippen molar-refractivity contribution >= 4 is 0 Å². The van der Waals surface area contributed by atoms with Gasteiger partial charge in [-0.3, -0.25) is 4.98 Å². The Morgan fingerprint density at radius 2 is 2.24 bits per heavy atom. The van der Waals surface area contributed by atoms with E-state index < -0.39 is 0 Å². The van der Waals surface area contributed by atoms with Gasteiger partial charge in [-0.15, -0.1) is 0 Å². The molecule has 0 spiro atoms. The van der Waals surface area contributed by atoms with E-state index in [0.29, 0.717) is 13.2 Å². The molecule has 2 atom stereocenters. The van der Waals surface area contributed by atoms with Gasteiger partial charge in [0.1, 0.15) is 0 Å². The predicted octanol–water partition coefficient (Wildman–Crippen LogP) is 1.91. The van der Waals surface area contributed by atoms with Gasteiger partial charge in [-0.25, -0.2) is 0 Å². The number of hydrogen-bond donors (Lipinski definition) is 1. The third-order valence-electron chi connectivity index (χ3n) is 2.66. The Bertz CT molecular complexity index is 293. The standard InChI is InChI=1S/C13H22N2O2/c1-3-12(14)13(17-9-5-8-16-2)11-6-4-7-15-10-11/h4,6-7,10,12-13H,3,5,8-9,14H2,1-2H3. The van der Waals surface area contributed by atoms with Crippen LogP contribution in [0.3, 0.4) is 0 Å². The Kier molecular flexibility index (Phi) is 6.77. The zero-order valence-corrected chi connectivity index (χ0v) is 10.6. The quantitative estimate of drug-likeness (QED) is 0.703. The summed E-state index contributed by atoms with van der Waals surface area (Å²) in [6.45, 7) is 3.43. The molecule has 0 aliphatic carbocycles. The van der Waals surface area contributed by atoms with Gasteiger partial charge in [-0.1, -0.05) is 13.0 Å². The summed E-state index contributed by atoms with van der Waals surface area (Å²) in [5, 5.41) is 0. The number of methoxy groups -OCH3 is 1. The minimum atomic E-state index is -0.0782. The fraction of sp³-hybridized carbons (Fsp3) is 0.615. The molecule has 0 radical (unpaired) electrons. The van der Waals surface area contributed by atoms with Crippen LogP contribution in [0, 0.1) is 0 Å². The number of aromatic nitrogens is 1. The summed E-state index contributed by atoms with van der Waals surface area (Å²) in [6.07, 6.45) is 5.25. The highest BCUT2D eigenvalue weighted by Crippen LogP contribution is 2.21. The average molecular weight is 238 g/mol. The molecular weight excluding hydrogens is 216 g/mol. The average Bonchev–Trinajstić information content (AvgIpc) is 2.39. The first-order chi connectivity index (χ1) is 8.29. The van der Waals surface area contributed by atoms with Crippen molar-refractivity contribution in [2.75, 3.05) is 20.3 Å². The van der Waals surface area contributed by atoms with E-state index in [1.807, 2.05) is 18.3 Å². The van der Waals surface area contributed by atoms with Gasteiger partial charge in [0, 0.05) is 44.3 Å². The molecule has 2 N–H and O–H groups in total. The van der Waals surface area contributed by atoms with Gasteiger partial charge < -0.3 is 15.2 Å². The first-order valence-corrected chi connectivity index (χ1v) is 6.05. The Hall–Kier alpha value is -0.970. The SMILES string of the molecule is CCC(N)C(OCCCOC)c1cccnc1.